The van der Waals surface area contributed by atoms with Crippen molar-refractivity contribution in [2.24, 2.45) is 0 Å². The molecule has 5 nitrogen and oxygen atoms in total. The molecule has 0 fully saturated rings. The van der Waals surface area contributed by atoms with Crippen LogP contribution in [0.1, 0.15) is 27.9 Å². The molecule has 0 saturated carbocycles. The van der Waals surface area contributed by atoms with E-state index in [-0.39, 0.29) is 11.3 Å². The zero-order valence-electron chi connectivity index (χ0n) is 17.9. The largest absolute Gasteiger partial charge is 0.508 e. The molecule has 3 heterocycles. The van der Waals surface area contributed by atoms with Crippen molar-refractivity contribution < 1.29 is 5.11 Å². The molecule has 3 aromatic heterocycles. The van der Waals surface area contributed by atoms with E-state index in [2.05, 4.69) is 19.9 Å². The molecule has 8 heteroatoms. The summed E-state index contributed by atoms with van der Waals surface area (Å²) in [6, 6.07) is 13.2. The highest BCUT2D eigenvalue weighted by molar-refractivity contribution is 7.98. The second kappa shape index (κ2) is 8.35. The standard InChI is InChI=1S/C24H21N3O2S3/c1-4-16-14(3)31-22-21(16)23(29)27(18-10-9-15(28)11-13(18)2)24(26-22)30-12-20-25-17-7-5-6-8-19(17)32-20/h5-11,28H,4,12H2,1-3H3. The first kappa shape index (κ1) is 21.2. The molecule has 32 heavy (non-hydrogen) atoms. The van der Waals surface area contributed by atoms with Crippen LogP contribution in [0, 0.1) is 13.8 Å². The van der Waals surface area contributed by atoms with Gasteiger partial charge in [-0.3, -0.25) is 9.36 Å². The van der Waals surface area contributed by atoms with Gasteiger partial charge in [0, 0.05) is 4.88 Å². The molecule has 2 aromatic carbocycles. The third kappa shape index (κ3) is 3.62. The Morgan fingerprint density at radius 2 is 1.91 bits per heavy atom. The van der Waals surface area contributed by atoms with Crippen molar-refractivity contribution in [2.75, 3.05) is 0 Å². The summed E-state index contributed by atoms with van der Waals surface area (Å²) in [5, 5.41) is 12.2. The minimum atomic E-state index is -0.0585. The molecule has 0 unspecified atom stereocenters. The fourth-order valence-corrected chi connectivity index (χ4v) is 7.05. The zero-order chi connectivity index (χ0) is 22.4. The monoisotopic (exact) mass is 479 g/mol. The normalized spacial score (nSPS) is 11.6. The van der Waals surface area contributed by atoms with Gasteiger partial charge in [0.15, 0.2) is 5.16 Å². The summed E-state index contributed by atoms with van der Waals surface area (Å²) in [5.41, 5.74) is 3.55. The molecule has 0 saturated heterocycles. The maximum Gasteiger partial charge on any atom is 0.267 e. The highest BCUT2D eigenvalue weighted by Gasteiger charge is 2.20. The lowest BCUT2D eigenvalue weighted by Crippen LogP contribution is -2.22. The van der Waals surface area contributed by atoms with Gasteiger partial charge in [0.2, 0.25) is 0 Å². The first-order valence-corrected chi connectivity index (χ1v) is 12.9. The lowest BCUT2D eigenvalue weighted by atomic mass is 10.1. The van der Waals surface area contributed by atoms with Crippen LogP contribution in [0.2, 0.25) is 0 Å². The number of nitrogens with zero attached hydrogens (tertiary/aromatic N) is 3. The van der Waals surface area contributed by atoms with Crippen molar-refractivity contribution in [3.8, 4) is 11.4 Å². The first-order chi connectivity index (χ1) is 15.5. The third-order valence-corrected chi connectivity index (χ3v) is 8.64. The van der Waals surface area contributed by atoms with Crippen molar-refractivity contribution in [3.63, 3.8) is 0 Å². The maximum atomic E-state index is 13.8. The number of phenolic OH excluding ortho intramolecular Hbond substituents is 1. The third-order valence-electron chi connectivity index (χ3n) is 5.43. The number of benzene rings is 2. The van der Waals surface area contributed by atoms with Crippen LogP contribution < -0.4 is 5.56 Å². The van der Waals surface area contributed by atoms with Crippen molar-refractivity contribution in [2.45, 2.75) is 38.1 Å². The quantitative estimate of drug-likeness (QED) is 0.239. The van der Waals surface area contributed by atoms with Crippen LogP contribution in [0.3, 0.4) is 0 Å². The summed E-state index contributed by atoms with van der Waals surface area (Å²) in [7, 11) is 0. The van der Waals surface area contributed by atoms with E-state index in [9.17, 15) is 9.90 Å². The summed E-state index contributed by atoms with van der Waals surface area (Å²) in [4.78, 5) is 25.3. The van der Waals surface area contributed by atoms with Crippen LogP contribution in [0.25, 0.3) is 26.1 Å². The SMILES string of the molecule is CCc1c(C)sc2nc(SCc3nc4ccccc4s3)n(-c3ccc(O)cc3C)c(=O)c12. The van der Waals surface area contributed by atoms with Gasteiger partial charge in [0.1, 0.15) is 15.6 Å². The Morgan fingerprint density at radius 1 is 1.09 bits per heavy atom. The number of hydrogen-bond acceptors (Lipinski definition) is 7. The van der Waals surface area contributed by atoms with Gasteiger partial charge in [0.05, 0.1) is 27.0 Å². The Labute approximate surface area is 197 Å². The van der Waals surface area contributed by atoms with Gasteiger partial charge in [0.25, 0.3) is 5.56 Å². The second-order valence-corrected chi connectivity index (χ2v) is 10.8. The number of phenols is 1. The molecule has 1 N–H and O–H groups in total. The number of rotatable bonds is 5. The molecular formula is C24H21N3O2S3. The van der Waals surface area contributed by atoms with E-state index in [1.807, 2.05) is 25.1 Å². The molecule has 0 aliphatic rings. The van der Waals surface area contributed by atoms with Crippen LogP contribution in [-0.4, -0.2) is 19.6 Å². The minimum absolute atomic E-state index is 0.0585. The number of aromatic hydroxyl groups is 1. The number of aromatic nitrogens is 3. The van der Waals surface area contributed by atoms with Gasteiger partial charge < -0.3 is 5.11 Å². The summed E-state index contributed by atoms with van der Waals surface area (Å²) in [6.45, 7) is 6.02. The molecule has 162 valence electrons. The van der Waals surface area contributed by atoms with E-state index in [1.165, 1.54) is 11.8 Å². The van der Waals surface area contributed by atoms with Crippen molar-refractivity contribution in [1.82, 2.24) is 14.5 Å². The van der Waals surface area contributed by atoms with Crippen LogP contribution >= 0.6 is 34.4 Å². The Hall–Kier alpha value is -2.68. The lowest BCUT2D eigenvalue weighted by Gasteiger charge is -2.14. The Balaban J connectivity index is 1.66. The van der Waals surface area contributed by atoms with Gasteiger partial charge in [-0.2, -0.15) is 0 Å². The van der Waals surface area contributed by atoms with E-state index in [1.54, 1.807) is 45.4 Å². The highest BCUT2D eigenvalue weighted by atomic mass is 32.2. The second-order valence-electron chi connectivity index (χ2n) is 7.54. The summed E-state index contributed by atoms with van der Waals surface area (Å²) in [6.07, 6.45) is 0.787. The van der Waals surface area contributed by atoms with Crippen LogP contribution in [0.4, 0.5) is 0 Å². The van der Waals surface area contributed by atoms with Crippen molar-refractivity contribution >= 4 is 54.9 Å². The summed E-state index contributed by atoms with van der Waals surface area (Å²) in [5.74, 6) is 0.803. The van der Waals surface area contributed by atoms with E-state index in [4.69, 9.17) is 9.97 Å². The molecule has 0 spiro atoms. The van der Waals surface area contributed by atoms with Gasteiger partial charge in [-0.15, -0.1) is 22.7 Å². The van der Waals surface area contributed by atoms with E-state index < -0.39 is 0 Å². The highest BCUT2D eigenvalue weighted by Crippen LogP contribution is 2.33. The lowest BCUT2D eigenvalue weighted by molar-refractivity contribution is 0.474. The summed E-state index contributed by atoms with van der Waals surface area (Å²) < 4.78 is 2.85. The molecule has 0 aliphatic carbocycles. The number of thioether (sulfide) groups is 1. The Bertz CT molecular complexity index is 1500. The van der Waals surface area contributed by atoms with Crippen LogP contribution in [-0.2, 0) is 12.2 Å². The predicted octanol–water partition coefficient (Wildman–Crippen LogP) is 6.23. The van der Waals surface area contributed by atoms with Crippen molar-refractivity contribution in [1.29, 1.82) is 0 Å². The molecule has 0 amide bonds. The van der Waals surface area contributed by atoms with Gasteiger partial charge in [-0.05, 0) is 61.7 Å². The summed E-state index contributed by atoms with van der Waals surface area (Å²) >= 11 is 4.76. The van der Waals surface area contributed by atoms with E-state index >= 15 is 0 Å². The topological polar surface area (TPSA) is 68.0 Å². The number of aryl methyl sites for hydroxylation is 3. The number of thiophene rings is 1. The van der Waals surface area contributed by atoms with E-state index in [0.717, 1.165) is 48.2 Å². The molecule has 5 rings (SSSR count). The smallest absolute Gasteiger partial charge is 0.267 e. The molecule has 0 aliphatic heterocycles. The number of hydrogen-bond donors (Lipinski definition) is 1. The molecule has 5 aromatic rings. The van der Waals surface area contributed by atoms with Gasteiger partial charge in [-0.1, -0.05) is 30.8 Å². The molecule has 0 atom stereocenters. The first-order valence-electron chi connectivity index (χ1n) is 10.3. The number of fused-ring (bicyclic) bond motifs is 2. The van der Waals surface area contributed by atoms with Crippen LogP contribution in [0.15, 0.2) is 52.4 Å². The average Bonchev–Trinajstić information content (AvgIpc) is 3.32. The fourth-order valence-electron chi connectivity index (χ4n) is 3.93. The molecule has 0 radical (unpaired) electrons. The minimum Gasteiger partial charge on any atom is -0.508 e. The fraction of sp³-hybridized carbons (Fsp3) is 0.208. The van der Waals surface area contributed by atoms with Gasteiger partial charge in [-0.25, -0.2) is 9.97 Å². The van der Waals surface area contributed by atoms with Crippen molar-refractivity contribution in [3.05, 3.63) is 73.8 Å². The number of thiazole rings is 1. The Morgan fingerprint density at radius 3 is 2.66 bits per heavy atom. The average molecular weight is 480 g/mol. The zero-order valence-corrected chi connectivity index (χ0v) is 20.3. The van der Waals surface area contributed by atoms with Crippen LogP contribution in [0.5, 0.6) is 5.75 Å². The number of para-hydroxylation sites is 1. The van der Waals surface area contributed by atoms with E-state index in [0.29, 0.717) is 16.3 Å². The van der Waals surface area contributed by atoms with Gasteiger partial charge >= 0.3 is 0 Å². The predicted molar refractivity (Wildman–Crippen MR) is 135 cm³/mol. The molecule has 0 bridgehead atoms. The maximum absolute atomic E-state index is 13.8. The molecular weight excluding hydrogens is 458 g/mol. The Kier molecular flexibility index (Phi) is 5.53.